The molecule has 1 aromatic heterocycles. The van der Waals surface area contributed by atoms with Gasteiger partial charge in [0, 0.05) is 13.0 Å². The van der Waals surface area contributed by atoms with Crippen LogP contribution in [0, 0.1) is 17.8 Å². The summed E-state index contributed by atoms with van der Waals surface area (Å²) in [5.41, 5.74) is 0. The minimum Gasteiger partial charge on any atom is -0.274 e. The van der Waals surface area contributed by atoms with Gasteiger partial charge in [-0.1, -0.05) is 17.4 Å². The van der Waals surface area contributed by atoms with E-state index in [-0.39, 0.29) is 16.9 Å². The highest BCUT2D eigenvalue weighted by Gasteiger charge is 2.38. The fourth-order valence-electron chi connectivity index (χ4n) is 3.02. The molecule has 1 saturated carbocycles. The number of hydrogen-bond donors (Lipinski definition) is 1. The largest absolute Gasteiger partial charge is 0.282 e. The van der Waals surface area contributed by atoms with Crippen LogP contribution < -0.4 is 4.72 Å². The maximum Gasteiger partial charge on any atom is 0.282 e. The average molecular weight is 296 g/mol. The molecule has 108 valence electrons. The maximum absolute atomic E-state index is 12.2. The minimum absolute atomic E-state index is 0.109. The highest BCUT2D eigenvalue weighted by atomic mass is 32.2. The fourth-order valence-corrected chi connectivity index (χ4v) is 4.11. The summed E-state index contributed by atoms with van der Waals surface area (Å²) in [5, 5.41) is 6.97. The molecule has 1 amide bonds. The zero-order valence-electron chi connectivity index (χ0n) is 11.1. The molecule has 1 heterocycles. The maximum atomic E-state index is 12.2. The lowest BCUT2D eigenvalue weighted by molar-refractivity contribution is -0.125. The number of fused-ring (bicyclic) bond motifs is 2. The Hall–Kier alpha value is -1.70. The molecule has 3 aliphatic rings. The molecule has 4 rings (SSSR count). The van der Waals surface area contributed by atoms with Crippen LogP contribution in [0.4, 0.5) is 0 Å². The van der Waals surface area contributed by atoms with Gasteiger partial charge < -0.3 is 0 Å². The van der Waals surface area contributed by atoms with Crippen molar-refractivity contribution in [3.63, 3.8) is 0 Å². The van der Waals surface area contributed by atoms with E-state index in [1.54, 1.807) is 0 Å². The molecule has 0 unspecified atom stereocenters. The Labute approximate surface area is 117 Å². The molecular formula is C12H16N4O3S. The van der Waals surface area contributed by atoms with Gasteiger partial charge in [0.25, 0.3) is 10.0 Å². The number of sulfonamides is 1. The number of hydrogen-bond acceptors (Lipinski definition) is 5. The first kappa shape index (κ1) is 13.3. The molecule has 1 aromatic rings. The highest BCUT2D eigenvalue weighted by Crippen LogP contribution is 2.40. The first-order valence-corrected chi connectivity index (χ1v) is 8.05. The van der Waals surface area contributed by atoms with Gasteiger partial charge in [-0.05, 0) is 31.1 Å². The van der Waals surface area contributed by atoms with E-state index in [1.165, 1.54) is 7.05 Å². The van der Waals surface area contributed by atoms with Gasteiger partial charge in [-0.15, -0.1) is 5.10 Å². The summed E-state index contributed by atoms with van der Waals surface area (Å²) in [5.74, 6) is -0.128. The predicted octanol–water partition coefficient (Wildman–Crippen LogP) is 0.222. The van der Waals surface area contributed by atoms with E-state index in [0.29, 0.717) is 5.92 Å². The Morgan fingerprint density at radius 2 is 2.20 bits per heavy atom. The highest BCUT2D eigenvalue weighted by molar-refractivity contribution is 7.90. The van der Waals surface area contributed by atoms with Crippen LogP contribution in [-0.4, -0.2) is 29.3 Å². The van der Waals surface area contributed by atoms with E-state index >= 15 is 0 Å². The second-order valence-electron chi connectivity index (χ2n) is 5.39. The molecule has 0 aliphatic heterocycles. The van der Waals surface area contributed by atoms with E-state index in [4.69, 9.17) is 0 Å². The summed E-state index contributed by atoms with van der Waals surface area (Å²) in [7, 11) is -2.43. The van der Waals surface area contributed by atoms with E-state index < -0.39 is 15.9 Å². The number of amides is 1. The van der Waals surface area contributed by atoms with Crippen LogP contribution in [-0.2, 0) is 21.9 Å². The van der Waals surface area contributed by atoms with E-state index in [9.17, 15) is 13.2 Å². The number of carbonyl (C=O) groups excluding carboxylic acids is 1. The lowest BCUT2D eigenvalue weighted by atomic mass is 9.69. The Morgan fingerprint density at radius 1 is 1.40 bits per heavy atom. The first-order chi connectivity index (χ1) is 9.47. The van der Waals surface area contributed by atoms with Crippen molar-refractivity contribution in [1.82, 2.24) is 19.7 Å². The van der Waals surface area contributed by atoms with Gasteiger partial charge in [-0.25, -0.2) is 9.40 Å². The molecule has 1 fully saturated rings. The minimum atomic E-state index is -3.90. The number of nitrogens with one attached hydrogen (secondary N) is 1. The summed E-state index contributed by atoms with van der Waals surface area (Å²) in [6.07, 6.45) is 8.07. The van der Waals surface area contributed by atoms with Crippen molar-refractivity contribution in [1.29, 1.82) is 0 Å². The van der Waals surface area contributed by atoms with Crippen molar-refractivity contribution < 1.29 is 13.2 Å². The van der Waals surface area contributed by atoms with E-state index in [0.717, 1.165) is 30.1 Å². The van der Waals surface area contributed by atoms with Crippen LogP contribution in [0.2, 0.25) is 0 Å². The van der Waals surface area contributed by atoms with Crippen LogP contribution in [0.25, 0.3) is 0 Å². The van der Waals surface area contributed by atoms with Crippen molar-refractivity contribution in [2.45, 2.75) is 24.3 Å². The molecule has 0 spiro atoms. The quantitative estimate of drug-likeness (QED) is 0.805. The molecule has 3 atom stereocenters. The molecule has 20 heavy (non-hydrogen) atoms. The van der Waals surface area contributed by atoms with Crippen LogP contribution in [0.15, 0.2) is 23.4 Å². The van der Waals surface area contributed by atoms with Crippen LogP contribution in [0.1, 0.15) is 19.3 Å². The lowest BCUT2D eigenvalue weighted by Gasteiger charge is -2.36. The third kappa shape index (κ3) is 2.24. The standard InChI is InChI=1S/C12H16N4O3S/c1-16-11(7-13-15-16)20(18,19)14-12(17)10-6-8-2-4-9(10)5-3-8/h2,4,7-10H,3,5-6H2,1H3,(H,14,17)/t8-,9+,10-/m1/s1. The van der Waals surface area contributed by atoms with Crippen LogP contribution >= 0.6 is 0 Å². The van der Waals surface area contributed by atoms with E-state index in [2.05, 4.69) is 21.1 Å². The van der Waals surface area contributed by atoms with Gasteiger partial charge in [-0.3, -0.25) is 4.79 Å². The summed E-state index contributed by atoms with van der Waals surface area (Å²) < 4.78 is 27.5. The van der Waals surface area contributed by atoms with Gasteiger partial charge in [0.1, 0.15) is 0 Å². The molecule has 7 nitrogen and oxygen atoms in total. The number of carbonyl (C=O) groups is 1. The Bertz CT molecular complexity index is 664. The molecule has 2 bridgehead atoms. The Morgan fingerprint density at radius 3 is 2.70 bits per heavy atom. The Balaban J connectivity index is 1.77. The number of rotatable bonds is 3. The normalized spacial score (nSPS) is 28.6. The van der Waals surface area contributed by atoms with Gasteiger partial charge >= 0.3 is 0 Å². The van der Waals surface area contributed by atoms with Gasteiger partial charge in [0.15, 0.2) is 5.03 Å². The molecular weight excluding hydrogens is 280 g/mol. The van der Waals surface area contributed by atoms with E-state index in [1.807, 2.05) is 6.08 Å². The summed E-state index contributed by atoms with van der Waals surface area (Å²) in [4.78, 5) is 12.2. The fraction of sp³-hybridized carbons (Fsp3) is 0.583. The summed E-state index contributed by atoms with van der Waals surface area (Å²) in [6.45, 7) is 0. The SMILES string of the molecule is Cn1nncc1S(=O)(=O)NC(=O)[C@@H]1C[C@@H]2C=C[C@H]1CC2. The molecule has 8 heteroatoms. The lowest BCUT2D eigenvalue weighted by Crippen LogP contribution is -2.42. The van der Waals surface area contributed by atoms with Crippen molar-refractivity contribution in [2.75, 3.05) is 0 Å². The molecule has 0 saturated heterocycles. The topological polar surface area (TPSA) is 93.9 Å². The smallest absolute Gasteiger partial charge is 0.274 e. The Kier molecular flexibility index (Phi) is 3.12. The molecule has 3 aliphatic carbocycles. The zero-order valence-corrected chi connectivity index (χ0v) is 11.9. The van der Waals surface area contributed by atoms with Gasteiger partial charge in [0.2, 0.25) is 5.91 Å². The third-order valence-corrected chi connectivity index (χ3v) is 5.48. The van der Waals surface area contributed by atoms with Crippen molar-refractivity contribution in [3.8, 4) is 0 Å². The molecule has 1 N–H and O–H groups in total. The van der Waals surface area contributed by atoms with Crippen LogP contribution in [0.5, 0.6) is 0 Å². The van der Waals surface area contributed by atoms with Crippen LogP contribution in [0.3, 0.4) is 0 Å². The number of aryl methyl sites for hydroxylation is 1. The van der Waals surface area contributed by atoms with Crippen molar-refractivity contribution in [2.24, 2.45) is 24.8 Å². The number of nitrogens with zero attached hydrogens (tertiary/aromatic N) is 3. The second kappa shape index (κ2) is 4.69. The zero-order chi connectivity index (χ0) is 14.3. The molecule has 0 aromatic carbocycles. The predicted molar refractivity (Wildman–Crippen MR) is 69.8 cm³/mol. The third-order valence-electron chi connectivity index (χ3n) is 4.09. The number of allylic oxidation sites excluding steroid dienone is 2. The monoisotopic (exact) mass is 296 g/mol. The van der Waals surface area contributed by atoms with Crippen molar-refractivity contribution >= 4 is 15.9 Å². The molecule has 0 radical (unpaired) electrons. The number of aromatic nitrogens is 3. The van der Waals surface area contributed by atoms with Gasteiger partial charge in [-0.2, -0.15) is 8.42 Å². The summed E-state index contributed by atoms with van der Waals surface area (Å²) >= 11 is 0. The second-order valence-corrected chi connectivity index (χ2v) is 7.02. The summed E-state index contributed by atoms with van der Waals surface area (Å²) in [6, 6.07) is 0. The first-order valence-electron chi connectivity index (χ1n) is 6.57. The van der Waals surface area contributed by atoms with Gasteiger partial charge in [0.05, 0.1) is 6.20 Å². The van der Waals surface area contributed by atoms with Crippen molar-refractivity contribution in [3.05, 3.63) is 18.3 Å². The average Bonchev–Trinajstić information content (AvgIpc) is 2.86.